The summed E-state index contributed by atoms with van der Waals surface area (Å²) in [7, 11) is 0. The number of para-hydroxylation sites is 1. The molecule has 0 saturated heterocycles. The molecule has 0 aliphatic heterocycles. The summed E-state index contributed by atoms with van der Waals surface area (Å²) < 4.78 is 2.25. The zero-order valence-corrected chi connectivity index (χ0v) is 11.0. The summed E-state index contributed by atoms with van der Waals surface area (Å²) in [5.41, 5.74) is 1.24. The van der Waals surface area contributed by atoms with E-state index in [9.17, 15) is 0 Å². The lowest BCUT2D eigenvalue weighted by Gasteiger charge is -2.05. The second-order valence-corrected chi connectivity index (χ2v) is 4.66. The minimum absolute atomic E-state index is 0.854. The summed E-state index contributed by atoms with van der Waals surface area (Å²) in [6, 6.07) is 8.30. The standard InChI is InChI=1S/C14H19ClN2/c1-2-16-9-5-6-10-17-11-13(15)12-7-3-4-8-14(12)17/h3-4,7-8,11,16H,2,5-6,9-10H2,1H3. The third kappa shape index (κ3) is 3.02. The molecule has 0 radical (unpaired) electrons. The fraction of sp³-hybridized carbons (Fsp3) is 0.429. The maximum Gasteiger partial charge on any atom is 0.0661 e. The Balaban J connectivity index is 1.99. The zero-order valence-electron chi connectivity index (χ0n) is 10.2. The van der Waals surface area contributed by atoms with E-state index >= 15 is 0 Å². The Morgan fingerprint density at radius 1 is 1.24 bits per heavy atom. The number of nitrogens with zero attached hydrogens (tertiary/aromatic N) is 1. The predicted molar refractivity (Wildman–Crippen MR) is 74.7 cm³/mol. The van der Waals surface area contributed by atoms with Crippen molar-refractivity contribution in [1.29, 1.82) is 0 Å². The number of benzene rings is 1. The van der Waals surface area contributed by atoms with Crippen molar-refractivity contribution in [3.05, 3.63) is 35.5 Å². The van der Waals surface area contributed by atoms with Gasteiger partial charge in [0, 0.05) is 23.6 Å². The number of halogens is 1. The highest BCUT2D eigenvalue weighted by atomic mass is 35.5. The third-order valence-electron chi connectivity index (χ3n) is 2.99. The van der Waals surface area contributed by atoms with Crippen molar-refractivity contribution in [2.75, 3.05) is 13.1 Å². The number of fused-ring (bicyclic) bond motifs is 1. The molecule has 1 heterocycles. The molecule has 2 nitrogen and oxygen atoms in total. The molecular weight excluding hydrogens is 232 g/mol. The van der Waals surface area contributed by atoms with Crippen molar-refractivity contribution in [2.45, 2.75) is 26.3 Å². The molecule has 0 aliphatic carbocycles. The van der Waals surface area contributed by atoms with Crippen LogP contribution in [0.5, 0.6) is 0 Å². The van der Waals surface area contributed by atoms with Crippen molar-refractivity contribution in [3.63, 3.8) is 0 Å². The largest absolute Gasteiger partial charge is 0.346 e. The van der Waals surface area contributed by atoms with Gasteiger partial charge in [0.1, 0.15) is 0 Å². The maximum atomic E-state index is 6.21. The quantitative estimate of drug-likeness (QED) is 0.774. The number of hydrogen-bond acceptors (Lipinski definition) is 1. The smallest absolute Gasteiger partial charge is 0.0661 e. The van der Waals surface area contributed by atoms with Crippen LogP contribution in [-0.4, -0.2) is 17.7 Å². The average Bonchev–Trinajstić information content (AvgIpc) is 2.67. The summed E-state index contributed by atoms with van der Waals surface area (Å²) in [5.74, 6) is 0. The molecule has 0 spiro atoms. The normalized spacial score (nSPS) is 11.2. The molecule has 0 saturated carbocycles. The number of hydrogen-bond donors (Lipinski definition) is 1. The first-order valence-electron chi connectivity index (χ1n) is 6.27. The summed E-state index contributed by atoms with van der Waals surface area (Å²) in [6.45, 7) is 5.33. The van der Waals surface area contributed by atoms with Gasteiger partial charge in [-0.15, -0.1) is 0 Å². The number of unbranched alkanes of at least 4 members (excludes halogenated alkanes) is 1. The monoisotopic (exact) mass is 250 g/mol. The van der Waals surface area contributed by atoms with Crippen molar-refractivity contribution in [3.8, 4) is 0 Å². The minimum Gasteiger partial charge on any atom is -0.346 e. The summed E-state index contributed by atoms with van der Waals surface area (Å²) in [6.07, 6.45) is 4.43. The van der Waals surface area contributed by atoms with Gasteiger partial charge < -0.3 is 9.88 Å². The van der Waals surface area contributed by atoms with Gasteiger partial charge in [0.15, 0.2) is 0 Å². The molecule has 2 aromatic rings. The van der Waals surface area contributed by atoms with Gasteiger partial charge in [0.05, 0.1) is 5.02 Å². The second-order valence-electron chi connectivity index (χ2n) is 4.25. The lowest BCUT2D eigenvalue weighted by molar-refractivity contribution is 0.586. The molecule has 0 amide bonds. The van der Waals surface area contributed by atoms with Crippen LogP contribution in [0.3, 0.4) is 0 Å². The van der Waals surface area contributed by atoms with Gasteiger partial charge in [-0.25, -0.2) is 0 Å². The van der Waals surface area contributed by atoms with E-state index in [0.717, 1.165) is 30.0 Å². The van der Waals surface area contributed by atoms with E-state index in [1.807, 2.05) is 12.3 Å². The first kappa shape index (κ1) is 12.5. The molecule has 1 N–H and O–H groups in total. The molecule has 0 atom stereocenters. The number of nitrogens with one attached hydrogen (secondary N) is 1. The molecule has 0 unspecified atom stereocenters. The van der Waals surface area contributed by atoms with E-state index < -0.39 is 0 Å². The van der Waals surface area contributed by atoms with Gasteiger partial charge in [0.2, 0.25) is 0 Å². The lowest BCUT2D eigenvalue weighted by Crippen LogP contribution is -2.14. The van der Waals surface area contributed by atoms with E-state index in [1.165, 1.54) is 18.4 Å². The van der Waals surface area contributed by atoms with Crippen molar-refractivity contribution in [2.24, 2.45) is 0 Å². The highest BCUT2D eigenvalue weighted by Crippen LogP contribution is 2.25. The van der Waals surface area contributed by atoms with Crippen LogP contribution in [0.4, 0.5) is 0 Å². The van der Waals surface area contributed by atoms with Crippen molar-refractivity contribution in [1.82, 2.24) is 9.88 Å². The molecule has 1 aromatic heterocycles. The Morgan fingerprint density at radius 3 is 2.88 bits per heavy atom. The molecule has 3 heteroatoms. The van der Waals surface area contributed by atoms with Crippen LogP contribution < -0.4 is 5.32 Å². The van der Waals surface area contributed by atoms with Gasteiger partial charge in [-0.3, -0.25) is 0 Å². The van der Waals surface area contributed by atoms with Crippen molar-refractivity contribution < 1.29 is 0 Å². The first-order chi connectivity index (χ1) is 8.33. The van der Waals surface area contributed by atoms with Crippen LogP contribution in [-0.2, 0) is 6.54 Å². The van der Waals surface area contributed by atoms with E-state index in [-0.39, 0.29) is 0 Å². The van der Waals surface area contributed by atoms with E-state index in [0.29, 0.717) is 0 Å². The number of aryl methyl sites for hydroxylation is 1. The van der Waals surface area contributed by atoms with Crippen LogP contribution in [0.15, 0.2) is 30.5 Å². The van der Waals surface area contributed by atoms with E-state index in [1.54, 1.807) is 0 Å². The highest BCUT2D eigenvalue weighted by Gasteiger charge is 2.04. The average molecular weight is 251 g/mol. The maximum absolute atomic E-state index is 6.21. The Hall–Kier alpha value is -0.990. The molecule has 0 aliphatic rings. The topological polar surface area (TPSA) is 17.0 Å². The second kappa shape index (κ2) is 6.08. The Labute approximate surface area is 108 Å². The number of rotatable bonds is 6. The van der Waals surface area contributed by atoms with E-state index in [4.69, 9.17) is 11.6 Å². The lowest BCUT2D eigenvalue weighted by atomic mass is 10.2. The third-order valence-corrected chi connectivity index (χ3v) is 3.29. The Kier molecular flexibility index (Phi) is 4.46. The number of aromatic nitrogens is 1. The SMILES string of the molecule is CCNCCCCn1cc(Cl)c2ccccc21. The van der Waals surface area contributed by atoms with Gasteiger partial charge in [-0.1, -0.05) is 36.7 Å². The fourth-order valence-electron chi connectivity index (χ4n) is 2.10. The summed E-state index contributed by atoms with van der Waals surface area (Å²) >= 11 is 6.21. The molecule has 92 valence electrons. The van der Waals surface area contributed by atoms with Gasteiger partial charge in [-0.2, -0.15) is 0 Å². The molecular formula is C14H19ClN2. The van der Waals surface area contributed by atoms with Crippen LogP contribution in [0.2, 0.25) is 5.02 Å². The summed E-state index contributed by atoms with van der Waals surface area (Å²) in [5, 5.41) is 5.35. The molecule has 2 rings (SSSR count). The van der Waals surface area contributed by atoms with Crippen LogP contribution in [0.25, 0.3) is 10.9 Å². The molecule has 0 fully saturated rings. The zero-order chi connectivity index (χ0) is 12.1. The molecule has 17 heavy (non-hydrogen) atoms. The summed E-state index contributed by atoms with van der Waals surface area (Å²) in [4.78, 5) is 0. The fourth-order valence-corrected chi connectivity index (χ4v) is 2.37. The van der Waals surface area contributed by atoms with Gasteiger partial charge in [-0.05, 0) is 32.0 Å². The molecule has 1 aromatic carbocycles. The van der Waals surface area contributed by atoms with Crippen LogP contribution >= 0.6 is 11.6 Å². The predicted octanol–water partition coefficient (Wildman–Crippen LogP) is 3.68. The highest BCUT2D eigenvalue weighted by molar-refractivity contribution is 6.35. The Morgan fingerprint density at radius 2 is 2.06 bits per heavy atom. The minimum atomic E-state index is 0.854. The van der Waals surface area contributed by atoms with Gasteiger partial charge in [0.25, 0.3) is 0 Å². The Bertz CT molecular complexity index is 476. The van der Waals surface area contributed by atoms with Crippen molar-refractivity contribution >= 4 is 22.5 Å². The van der Waals surface area contributed by atoms with Crippen LogP contribution in [0, 0.1) is 0 Å². The van der Waals surface area contributed by atoms with Gasteiger partial charge >= 0.3 is 0 Å². The first-order valence-corrected chi connectivity index (χ1v) is 6.65. The van der Waals surface area contributed by atoms with E-state index in [2.05, 4.69) is 35.0 Å². The van der Waals surface area contributed by atoms with Crippen LogP contribution in [0.1, 0.15) is 19.8 Å². The molecule has 0 bridgehead atoms.